The van der Waals surface area contributed by atoms with Crippen LogP contribution in [-0.4, -0.2) is 42.5 Å². The summed E-state index contributed by atoms with van der Waals surface area (Å²) in [5, 5.41) is 5.99. The molecule has 0 radical (unpaired) electrons. The number of piperidine rings is 1. The van der Waals surface area contributed by atoms with Crippen molar-refractivity contribution in [3.05, 3.63) is 48.0 Å². The molecule has 5 nitrogen and oxygen atoms in total. The smallest absolute Gasteiger partial charge is 0.315 e. The molecule has 0 bridgehead atoms. The largest absolute Gasteiger partial charge is 0.339 e. The van der Waals surface area contributed by atoms with Crippen LogP contribution < -0.4 is 10.6 Å². The van der Waals surface area contributed by atoms with Crippen molar-refractivity contribution in [1.29, 1.82) is 0 Å². The number of rotatable bonds is 4. The van der Waals surface area contributed by atoms with E-state index in [0.717, 1.165) is 50.8 Å². The van der Waals surface area contributed by atoms with Gasteiger partial charge in [0.15, 0.2) is 0 Å². The molecule has 5 heteroatoms. The van der Waals surface area contributed by atoms with Crippen molar-refractivity contribution in [3.63, 3.8) is 0 Å². The minimum absolute atomic E-state index is 0.0839. The SMILES string of the molecule is O=C(NCC1CCN(C(=O)c2ccccc2)CC1)N[C@@H]1C=CCCC1. The van der Waals surface area contributed by atoms with Crippen molar-refractivity contribution in [2.75, 3.05) is 19.6 Å². The molecule has 0 aromatic heterocycles. The van der Waals surface area contributed by atoms with Gasteiger partial charge in [-0.2, -0.15) is 0 Å². The van der Waals surface area contributed by atoms with Gasteiger partial charge in [-0.1, -0.05) is 30.4 Å². The number of hydrogen-bond acceptors (Lipinski definition) is 2. The summed E-state index contributed by atoms with van der Waals surface area (Å²) >= 11 is 0. The molecule has 1 aliphatic heterocycles. The zero-order chi connectivity index (χ0) is 17.5. The summed E-state index contributed by atoms with van der Waals surface area (Å²) in [7, 11) is 0. The second kappa shape index (κ2) is 8.70. The van der Waals surface area contributed by atoms with Gasteiger partial charge < -0.3 is 15.5 Å². The topological polar surface area (TPSA) is 61.4 Å². The summed E-state index contributed by atoms with van der Waals surface area (Å²) in [5.74, 6) is 0.543. The number of amides is 3. The lowest BCUT2D eigenvalue weighted by Gasteiger charge is -2.32. The molecule has 3 rings (SSSR count). The van der Waals surface area contributed by atoms with E-state index in [1.165, 1.54) is 0 Å². The molecular formula is C20H27N3O2. The van der Waals surface area contributed by atoms with Gasteiger partial charge in [0.1, 0.15) is 0 Å². The average molecular weight is 341 g/mol. The molecule has 1 fully saturated rings. The molecule has 0 spiro atoms. The summed E-state index contributed by atoms with van der Waals surface area (Å²) in [5.41, 5.74) is 0.749. The Morgan fingerprint density at radius 1 is 1.08 bits per heavy atom. The van der Waals surface area contributed by atoms with E-state index in [1.54, 1.807) is 0 Å². The van der Waals surface area contributed by atoms with E-state index in [1.807, 2.05) is 35.2 Å². The highest BCUT2D eigenvalue weighted by molar-refractivity contribution is 5.94. The number of carbonyl (C=O) groups is 2. The first kappa shape index (κ1) is 17.5. The van der Waals surface area contributed by atoms with Crippen LogP contribution in [0.4, 0.5) is 4.79 Å². The van der Waals surface area contributed by atoms with Gasteiger partial charge in [0.05, 0.1) is 0 Å². The first-order chi connectivity index (χ1) is 12.2. The molecular weight excluding hydrogens is 314 g/mol. The fraction of sp³-hybridized carbons (Fsp3) is 0.500. The summed E-state index contributed by atoms with van der Waals surface area (Å²) in [6.45, 7) is 2.19. The summed E-state index contributed by atoms with van der Waals surface area (Å²) in [6.07, 6.45) is 9.34. The lowest BCUT2D eigenvalue weighted by atomic mass is 9.96. The number of hydrogen-bond donors (Lipinski definition) is 2. The van der Waals surface area contributed by atoms with Gasteiger partial charge in [0.2, 0.25) is 0 Å². The second-order valence-electron chi connectivity index (χ2n) is 6.92. The Morgan fingerprint density at radius 3 is 2.52 bits per heavy atom. The van der Waals surface area contributed by atoms with Crippen LogP contribution in [0.3, 0.4) is 0 Å². The van der Waals surface area contributed by atoms with E-state index >= 15 is 0 Å². The van der Waals surface area contributed by atoms with E-state index in [9.17, 15) is 9.59 Å². The summed E-state index contributed by atoms with van der Waals surface area (Å²) in [6, 6.07) is 9.51. The van der Waals surface area contributed by atoms with Crippen molar-refractivity contribution in [2.24, 2.45) is 5.92 Å². The highest BCUT2D eigenvalue weighted by Crippen LogP contribution is 2.18. The minimum Gasteiger partial charge on any atom is -0.339 e. The Morgan fingerprint density at radius 2 is 1.84 bits per heavy atom. The van der Waals surface area contributed by atoms with Gasteiger partial charge in [0, 0.05) is 31.2 Å². The molecule has 1 heterocycles. The van der Waals surface area contributed by atoms with Crippen LogP contribution >= 0.6 is 0 Å². The highest BCUT2D eigenvalue weighted by Gasteiger charge is 2.24. The number of carbonyl (C=O) groups excluding carboxylic acids is 2. The molecule has 1 aromatic rings. The number of nitrogens with zero attached hydrogens (tertiary/aromatic N) is 1. The maximum atomic E-state index is 12.4. The maximum absolute atomic E-state index is 12.4. The normalized spacial score (nSPS) is 21.0. The average Bonchev–Trinajstić information content (AvgIpc) is 2.68. The first-order valence-corrected chi connectivity index (χ1v) is 9.28. The Bertz CT molecular complexity index is 607. The second-order valence-corrected chi connectivity index (χ2v) is 6.92. The fourth-order valence-corrected chi connectivity index (χ4v) is 3.49. The van der Waals surface area contributed by atoms with Gasteiger partial charge in [-0.15, -0.1) is 0 Å². The molecule has 2 aliphatic rings. The van der Waals surface area contributed by atoms with E-state index in [-0.39, 0.29) is 18.0 Å². The van der Waals surface area contributed by atoms with Crippen molar-refractivity contribution >= 4 is 11.9 Å². The molecule has 2 N–H and O–H groups in total. The number of urea groups is 1. The van der Waals surface area contributed by atoms with Crippen LogP contribution in [0, 0.1) is 5.92 Å². The predicted molar refractivity (Wildman–Crippen MR) is 98.4 cm³/mol. The number of benzene rings is 1. The van der Waals surface area contributed by atoms with E-state index in [2.05, 4.69) is 22.8 Å². The lowest BCUT2D eigenvalue weighted by molar-refractivity contribution is 0.0690. The molecule has 1 aromatic carbocycles. The van der Waals surface area contributed by atoms with E-state index < -0.39 is 0 Å². The Labute approximate surface area is 149 Å². The highest BCUT2D eigenvalue weighted by atomic mass is 16.2. The van der Waals surface area contributed by atoms with Gasteiger partial charge in [-0.3, -0.25) is 4.79 Å². The number of likely N-dealkylation sites (tertiary alicyclic amines) is 1. The van der Waals surface area contributed by atoms with Gasteiger partial charge >= 0.3 is 6.03 Å². The van der Waals surface area contributed by atoms with Crippen molar-refractivity contribution in [3.8, 4) is 0 Å². The van der Waals surface area contributed by atoms with Crippen molar-refractivity contribution in [1.82, 2.24) is 15.5 Å². The van der Waals surface area contributed by atoms with Crippen molar-refractivity contribution < 1.29 is 9.59 Å². The maximum Gasteiger partial charge on any atom is 0.315 e. The predicted octanol–water partition coefficient (Wildman–Crippen LogP) is 2.95. The van der Waals surface area contributed by atoms with E-state index in [4.69, 9.17) is 0 Å². The molecule has 0 unspecified atom stereocenters. The van der Waals surface area contributed by atoms with Gasteiger partial charge in [0.25, 0.3) is 5.91 Å². The van der Waals surface area contributed by atoms with Crippen LogP contribution in [0.5, 0.6) is 0 Å². The first-order valence-electron chi connectivity index (χ1n) is 9.28. The fourth-order valence-electron chi connectivity index (χ4n) is 3.49. The Hall–Kier alpha value is -2.30. The summed E-state index contributed by atoms with van der Waals surface area (Å²) in [4.78, 5) is 26.3. The lowest BCUT2D eigenvalue weighted by Crippen LogP contribution is -2.45. The molecule has 134 valence electrons. The zero-order valence-corrected chi connectivity index (χ0v) is 14.6. The number of nitrogens with one attached hydrogen (secondary N) is 2. The van der Waals surface area contributed by atoms with E-state index in [0.29, 0.717) is 12.5 Å². The third-order valence-corrected chi connectivity index (χ3v) is 5.04. The van der Waals surface area contributed by atoms with Crippen LogP contribution in [0.2, 0.25) is 0 Å². The quantitative estimate of drug-likeness (QED) is 0.827. The van der Waals surface area contributed by atoms with Gasteiger partial charge in [-0.05, 0) is 50.2 Å². The third-order valence-electron chi connectivity index (χ3n) is 5.04. The molecule has 25 heavy (non-hydrogen) atoms. The monoisotopic (exact) mass is 341 g/mol. The molecule has 0 saturated carbocycles. The zero-order valence-electron chi connectivity index (χ0n) is 14.6. The Kier molecular flexibility index (Phi) is 6.09. The van der Waals surface area contributed by atoms with Crippen molar-refractivity contribution in [2.45, 2.75) is 38.1 Å². The Balaban J connectivity index is 1.37. The molecule has 1 atom stereocenters. The van der Waals surface area contributed by atoms with Crippen LogP contribution in [0.15, 0.2) is 42.5 Å². The van der Waals surface area contributed by atoms with Crippen LogP contribution in [0.25, 0.3) is 0 Å². The minimum atomic E-state index is -0.0839. The molecule has 1 aliphatic carbocycles. The number of allylic oxidation sites excluding steroid dienone is 1. The molecule has 1 saturated heterocycles. The van der Waals surface area contributed by atoms with Crippen LogP contribution in [0.1, 0.15) is 42.5 Å². The van der Waals surface area contributed by atoms with Gasteiger partial charge in [-0.25, -0.2) is 4.79 Å². The molecule has 3 amide bonds. The summed E-state index contributed by atoms with van der Waals surface area (Å²) < 4.78 is 0. The van der Waals surface area contributed by atoms with Crippen LogP contribution in [-0.2, 0) is 0 Å². The standard InChI is InChI=1S/C20H27N3O2/c24-19(17-7-3-1-4-8-17)23-13-11-16(12-14-23)15-21-20(25)22-18-9-5-2-6-10-18/h1,3-5,7-9,16,18H,2,6,10-15H2,(H2,21,22,25)/t18-/m1/s1. The third kappa shape index (κ3) is 5.08.